The third-order valence-electron chi connectivity index (χ3n) is 3.49. The van der Waals surface area contributed by atoms with Gasteiger partial charge < -0.3 is 10.1 Å². The summed E-state index contributed by atoms with van der Waals surface area (Å²) in [4.78, 5) is 0. The van der Waals surface area contributed by atoms with Gasteiger partial charge in [-0.2, -0.15) is 0 Å². The predicted octanol–water partition coefficient (Wildman–Crippen LogP) is 3.23. The number of ether oxygens (including phenoxy) is 1. The number of halogens is 1. The number of hydrogen-bond acceptors (Lipinski definition) is 2. The first-order chi connectivity index (χ1) is 8.58. The lowest BCUT2D eigenvalue weighted by atomic mass is 9.83. The number of benzene rings is 1. The summed E-state index contributed by atoms with van der Waals surface area (Å²) in [5, 5.41) is 4.01. The first-order valence-corrected chi connectivity index (χ1v) is 6.68. The predicted molar refractivity (Wildman–Crippen MR) is 76.6 cm³/mol. The SMILES string of the molecule is C=CC(C)(CNC)Cc1cc(Cl)cc2c1OCC2. The minimum Gasteiger partial charge on any atom is -0.493 e. The molecule has 2 rings (SSSR count). The molecule has 0 aromatic heterocycles. The van der Waals surface area contributed by atoms with Crippen LogP contribution < -0.4 is 10.1 Å². The first-order valence-electron chi connectivity index (χ1n) is 6.30. The molecule has 1 aromatic carbocycles. The van der Waals surface area contributed by atoms with Crippen molar-refractivity contribution in [3.8, 4) is 5.75 Å². The highest BCUT2D eigenvalue weighted by Crippen LogP contribution is 2.36. The Bertz CT molecular complexity index is 458. The standard InChI is InChI=1S/C15H20ClNO/c1-4-15(2,10-17-3)9-12-8-13(16)7-11-5-6-18-14(11)12/h4,7-8,17H,1,5-6,9-10H2,2-3H3. The highest BCUT2D eigenvalue weighted by atomic mass is 35.5. The Kier molecular flexibility index (Phi) is 3.98. The summed E-state index contributed by atoms with van der Waals surface area (Å²) in [6.07, 6.45) is 3.85. The van der Waals surface area contributed by atoms with E-state index in [2.05, 4.69) is 18.8 Å². The molecule has 0 bridgehead atoms. The third-order valence-corrected chi connectivity index (χ3v) is 3.71. The van der Waals surface area contributed by atoms with Crippen molar-refractivity contribution in [1.82, 2.24) is 5.32 Å². The Balaban J connectivity index is 2.31. The molecule has 1 aromatic rings. The average Bonchev–Trinajstić information content (AvgIpc) is 2.77. The van der Waals surface area contributed by atoms with E-state index in [9.17, 15) is 0 Å². The van der Waals surface area contributed by atoms with E-state index >= 15 is 0 Å². The van der Waals surface area contributed by atoms with Gasteiger partial charge in [-0.3, -0.25) is 0 Å². The summed E-state index contributed by atoms with van der Waals surface area (Å²) >= 11 is 6.18. The Hall–Kier alpha value is -0.990. The summed E-state index contributed by atoms with van der Waals surface area (Å²) in [6, 6.07) is 4.03. The Morgan fingerprint density at radius 3 is 3.00 bits per heavy atom. The molecule has 98 valence electrons. The van der Waals surface area contributed by atoms with Crippen LogP contribution in [0, 0.1) is 5.41 Å². The van der Waals surface area contributed by atoms with Gasteiger partial charge in [0.15, 0.2) is 0 Å². The smallest absolute Gasteiger partial charge is 0.125 e. The van der Waals surface area contributed by atoms with Crippen LogP contribution in [0.1, 0.15) is 18.1 Å². The van der Waals surface area contributed by atoms with Gasteiger partial charge in [-0.05, 0) is 36.7 Å². The van der Waals surface area contributed by atoms with Gasteiger partial charge in [0.05, 0.1) is 6.61 Å². The summed E-state index contributed by atoms with van der Waals surface area (Å²) in [5.74, 6) is 1.03. The Labute approximate surface area is 114 Å². The lowest BCUT2D eigenvalue weighted by Crippen LogP contribution is -2.29. The molecule has 0 radical (unpaired) electrons. The minimum absolute atomic E-state index is 0.0130. The van der Waals surface area contributed by atoms with Crippen molar-refractivity contribution in [2.75, 3.05) is 20.2 Å². The Morgan fingerprint density at radius 1 is 1.56 bits per heavy atom. The normalized spacial score (nSPS) is 16.8. The van der Waals surface area contributed by atoms with Gasteiger partial charge in [-0.25, -0.2) is 0 Å². The van der Waals surface area contributed by atoms with Crippen LogP contribution in [0.25, 0.3) is 0 Å². The average molecular weight is 266 g/mol. The second-order valence-electron chi connectivity index (χ2n) is 5.22. The van der Waals surface area contributed by atoms with Gasteiger partial charge in [-0.1, -0.05) is 24.6 Å². The van der Waals surface area contributed by atoms with Crippen LogP contribution in [0.2, 0.25) is 5.02 Å². The fourth-order valence-electron chi connectivity index (χ4n) is 2.52. The van der Waals surface area contributed by atoms with Crippen molar-refractivity contribution in [2.45, 2.75) is 19.8 Å². The summed E-state index contributed by atoms with van der Waals surface area (Å²) in [7, 11) is 1.96. The lowest BCUT2D eigenvalue weighted by Gasteiger charge is -2.26. The number of fused-ring (bicyclic) bond motifs is 1. The van der Waals surface area contributed by atoms with Gasteiger partial charge >= 0.3 is 0 Å². The number of rotatable bonds is 5. The van der Waals surface area contributed by atoms with Crippen molar-refractivity contribution < 1.29 is 4.74 Å². The van der Waals surface area contributed by atoms with Crippen LogP contribution in [0.4, 0.5) is 0 Å². The van der Waals surface area contributed by atoms with Gasteiger partial charge in [0.2, 0.25) is 0 Å². The molecule has 0 spiro atoms. The zero-order valence-corrected chi connectivity index (χ0v) is 11.8. The second-order valence-corrected chi connectivity index (χ2v) is 5.65. The van der Waals surface area contributed by atoms with E-state index in [0.717, 1.165) is 36.8 Å². The molecule has 1 atom stereocenters. The molecular weight excluding hydrogens is 246 g/mol. The molecule has 0 fully saturated rings. The van der Waals surface area contributed by atoms with Gasteiger partial charge in [0, 0.05) is 23.4 Å². The van der Waals surface area contributed by atoms with Gasteiger partial charge in [-0.15, -0.1) is 6.58 Å². The van der Waals surface area contributed by atoms with Crippen molar-refractivity contribution in [1.29, 1.82) is 0 Å². The summed E-state index contributed by atoms with van der Waals surface area (Å²) < 4.78 is 5.74. The summed E-state index contributed by atoms with van der Waals surface area (Å²) in [6.45, 7) is 7.79. The molecule has 0 aliphatic carbocycles. The van der Waals surface area contributed by atoms with Crippen LogP contribution in [0.15, 0.2) is 24.8 Å². The maximum absolute atomic E-state index is 6.18. The maximum Gasteiger partial charge on any atom is 0.125 e. The van der Waals surface area contributed by atoms with E-state index in [-0.39, 0.29) is 5.41 Å². The van der Waals surface area contributed by atoms with E-state index in [1.165, 1.54) is 11.1 Å². The zero-order valence-electron chi connectivity index (χ0n) is 11.1. The molecule has 18 heavy (non-hydrogen) atoms. The van der Waals surface area contributed by atoms with Crippen LogP contribution in [0.5, 0.6) is 5.75 Å². The molecular formula is C15H20ClNO. The van der Waals surface area contributed by atoms with Crippen LogP contribution >= 0.6 is 11.6 Å². The highest BCUT2D eigenvalue weighted by molar-refractivity contribution is 6.30. The fraction of sp³-hybridized carbons (Fsp3) is 0.467. The summed E-state index contributed by atoms with van der Waals surface area (Å²) in [5.41, 5.74) is 2.43. The van der Waals surface area contributed by atoms with Gasteiger partial charge in [0.25, 0.3) is 0 Å². The van der Waals surface area contributed by atoms with Crippen molar-refractivity contribution in [2.24, 2.45) is 5.41 Å². The molecule has 1 aliphatic heterocycles. The quantitative estimate of drug-likeness (QED) is 0.826. The van der Waals surface area contributed by atoms with Gasteiger partial charge in [0.1, 0.15) is 5.75 Å². The third kappa shape index (κ3) is 2.70. The van der Waals surface area contributed by atoms with Crippen molar-refractivity contribution >= 4 is 11.6 Å². The van der Waals surface area contributed by atoms with Crippen molar-refractivity contribution in [3.05, 3.63) is 40.9 Å². The minimum atomic E-state index is 0.0130. The number of hydrogen-bond donors (Lipinski definition) is 1. The molecule has 2 nitrogen and oxygen atoms in total. The monoisotopic (exact) mass is 265 g/mol. The molecule has 1 unspecified atom stereocenters. The van der Waals surface area contributed by atoms with Crippen molar-refractivity contribution in [3.63, 3.8) is 0 Å². The number of nitrogens with one attached hydrogen (secondary N) is 1. The lowest BCUT2D eigenvalue weighted by molar-refractivity contribution is 0.343. The largest absolute Gasteiger partial charge is 0.493 e. The molecule has 1 N–H and O–H groups in total. The van der Waals surface area contributed by atoms with E-state index in [1.54, 1.807) is 0 Å². The molecule has 0 amide bonds. The zero-order chi connectivity index (χ0) is 13.2. The van der Waals surface area contributed by atoms with Crippen LogP contribution in [-0.2, 0) is 12.8 Å². The molecule has 0 saturated carbocycles. The maximum atomic E-state index is 6.18. The van der Waals surface area contributed by atoms with E-state index < -0.39 is 0 Å². The molecule has 0 saturated heterocycles. The van der Waals surface area contributed by atoms with E-state index in [1.807, 2.05) is 25.3 Å². The topological polar surface area (TPSA) is 21.3 Å². The first kappa shape index (κ1) is 13.4. The second kappa shape index (κ2) is 5.33. The highest BCUT2D eigenvalue weighted by Gasteiger charge is 2.25. The Morgan fingerprint density at radius 2 is 2.33 bits per heavy atom. The van der Waals surface area contributed by atoms with E-state index in [0.29, 0.717) is 0 Å². The van der Waals surface area contributed by atoms with Crippen LogP contribution in [0.3, 0.4) is 0 Å². The van der Waals surface area contributed by atoms with E-state index in [4.69, 9.17) is 16.3 Å². The van der Waals surface area contributed by atoms with Crippen LogP contribution in [-0.4, -0.2) is 20.2 Å². The molecule has 1 aliphatic rings. The fourth-order valence-corrected chi connectivity index (χ4v) is 2.79. The molecule has 1 heterocycles. The molecule has 3 heteroatoms.